The van der Waals surface area contributed by atoms with Crippen LogP contribution in [0.2, 0.25) is 0 Å². The van der Waals surface area contributed by atoms with E-state index in [1.807, 2.05) is 54.6 Å². The average molecular weight is 298 g/mol. The number of benzene rings is 2. The van der Waals surface area contributed by atoms with Crippen LogP contribution in [-0.2, 0) is 12.4 Å². The maximum atomic E-state index is 9.01. The summed E-state index contributed by atoms with van der Waals surface area (Å²) in [6, 6.07) is 17.5. The Labute approximate surface area is 126 Å². The third-order valence-corrected chi connectivity index (χ3v) is 3.97. The Morgan fingerprint density at radius 1 is 1.00 bits per heavy atom. The van der Waals surface area contributed by atoms with Crippen molar-refractivity contribution in [1.82, 2.24) is 10.1 Å². The van der Waals surface area contributed by atoms with Crippen molar-refractivity contribution in [3.05, 3.63) is 66.0 Å². The van der Waals surface area contributed by atoms with Crippen molar-refractivity contribution >= 4 is 11.8 Å². The van der Waals surface area contributed by atoms with Crippen molar-refractivity contribution in [2.24, 2.45) is 0 Å². The molecule has 0 aliphatic rings. The molecule has 4 nitrogen and oxygen atoms in total. The van der Waals surface area contributed by atoms with Crippen LogP contribution in [0.15, 0.2) is 64.0 Å². The third-order valence-electron chi connectivity index (χ3n) is 2.96. The van der Waals surface area contributed by atoms with Crippen molar-refractivity contribution in [1.29, 1.82) is 0 Å². The standard InChI is InChI=1S/C16H14N2O2S/c19-10-12-6-8-14(9-7-12)21-11-15-17-16(20-18-15)13-4-2-1-3-5-13/h1-9,19H,10-11H2. The number of hydrogen-bond donors (Lipinski definition) is 1. The van der Waals surface area contributed by atoms with Gasteiger partial charge in [-0.15, -0.1) is 11.8 Å². The molecule has 0 spiro atoms. The number of aliphatic hydroxyl groups is 1. The molecule has 1 heterocycles. The zero-order valence-electron chi connectivity index (χ0n) is 11.3. The first-order chi connectivity index (χ1) is 10.3. The normalized spacial score (nSPS) is 10.7. The first-order valence-corrected chi connectivity index (χ1v) is 7.54. The summed E-state index contributed by atoms with van der Waals surface area (Å²) in [6.07, 6.45) is 0. The molecule has 1 N–H and O–H groups in total. The van der Waals surface area contributed by atoms with E-state index in [1.165, 1.54) is 0 Å². The van der Waals surface area contributed by atoms with Gasteiger partial charge in [-0.05, 0) is 29.8 Å². The molecular formula is C16H14N2O2S. The van der Waals surface area contributed by atoms with Crippen LogP contribution in [0.4, 0.5) is 0 Å². The maximum absolute atomic E-state index is 9.01. The SMILES string of the molecule is OCc1ccc(SCc2noc(-c3ccccc3)n2)cc1. The predicted molar refractivity (Wildman–Crippen MR) is 81.7 cm³/mol. The fraction of sp³-hybridized carbons (Fsp3) is 0.125. The van der Waals surface area contributed by atoms with Crippen LogP contribution in [-0.4, -0.2) is 15.2 Å². The summed E-state index contributed by atoms with van der Waals surface area (Å²) in [6.45, 7) is 0.0657. The molecule has 21 heavy (non-hydrogen) atoms. The highest BCUT2D eigenvalue weighted by atomic mass is 32.2. The van der Waals surface area contributed by atoms with E-state index in [9.17, 15) is 0 Å². The van der Waals surface area contributed by atoms with Crippen molar-refractivity contribution in [3.63, 3.8) is 0 Å². The molecule has 0 amide bonds. The van der Waals surface area contributed by atoms with Gasteiger partial charge in [0.05, 0.1) is 12.4 Å². The number of aliphatic hydroxyl groups excluding tert-OH is 1. The molecule has 2 aromatic carbocycles. The monoisotopic (exact) mass is 298 g/mol. The van der Waals surface area contributed by atoms with Gasteiger partial charge in [0.15, 0.2) is 5.82 Å². The predicted octanol–water partition coefficient (Wildman–Crippen LogP) is 3.52. The number of aromatic nitrogens is 2. The summed E-state index contributed by atoms with van der Waals surface area (Å²) >= 11 is 1.63. The van der Waals surface area contributed by atoms with Crippen LogP contribution in [0.1, 0.15) is 11.4 Å². The lowest BCUT2D eigenvalue weighted by Gasteiger charge is -2.00. The Bertz CT molecular complexity index is 696. The fourth-order valence-corrected chi connectivity index (χ4v) is 2.59. The van der Waals surface area contributed by atoms with E-state index in [4.69, 9.17) is 9.63 Å². The summed E-state index contributed by atoms with van der Waals surface area (Å²) < 4.78 is 5.27. The van der Waals surface area contributed by atoms with E-state index >= 15 is 0 Å². The van der Waals surface area contributed by atoms with Gasteiger partial charge in [-0.1, -0.05) is 35.5 Å². The number of hydrogen-bond acceptors (Lipinski definition) is 5. The third kappa shape index (κ3) is 3.51. The van der Waals surface area contributed by atoms with Gasteiger partial charge in [-0.25, -0.2) is 0 Å². The molecule has 0 aliphatic carbocycles. The first-order valence-electron chi connectivity index (χ1n) is 6.56. The smallest absolute Gasteiger partial charge is 0.257 e. The van der Waals surface area contributed by atoms with Gasteiger partial charge in [0.25, 0.3) is 5.89 Å². The summed E-state index contributed by atoms with van der Waals surface area (Å²) in [5.41, 5.74) is 1.83. The minimum atomic E-state index is 0.0657. The van der Waals surface area contributed by atoms with Crippen LogP contribution >= 0.6 is 11.8 Å². The largest absolute Gasteiger partial charge is 0.392 e. The quantitative estimate of drug-likeness (QED) is 0.730. The lowest BCUT2D eigenvalue weighted by atomic mass is 10.2. The van der Waals surface area contributed by atoms with E-state index in [-0.39, 0.29) is 6.61 Å². The first kappa shape index (κ1) is 13.9. The molecule has 0 aliphatic heterocycles. The zero-order chi connectivity index (χ0) is 14.5. The molecule has 1 aromatic heterocycles. The molecule has 0 saturated heterocycles. The highest BCUT2D eigenvalue weighted by Gasteiger charge is 2.08. The Hall–Kier alpha value is -2.11. The van der Waals surface area contributed by atoms with Crippen LogP contribution in [0, 0.1) is 0 Å². The average Bonchev–Trinajstić information content (AvgIpc) is 3.03. The van der Waals surface area contributed by atoms with E-state index in [0.717, 1.165) is 16.0 Å². The second kappa shape index (κ2) is 6.56. The van der Waals surface area contributed by atoms with E-state index < -0.39 is 0 Å². The summed E-state index contributed by atoms with van der Waals surface area (Å²) in [5.74, 6) is 1.86. The Kier molecular flexibility index (Phi) is 4.33. The van der Waals surface area contributed by atoms with Gasteiger partial charge in [0.1, 0.15) is 0 Å². The molecule has 3 aromatic rings. The van der Waals surface area contributed by atoms with Crippen molar-refractivity contribution < 1.29 is 9.63 Å². The second-order valence-corrected chi connectivity index (χ2v) is 5.52. The van der Waals surface area contributed by atoms with E-state index in [0.29, 0.717) is 17.5 Å². The Balaban J connectivity index is 1.64. The molecule has 3 rings (SSSR count). The molecule has 0 radical (unpaired) electrons. The molecule has 0 saturated carbocycles. The summed E-state index contributed by atoms with van der Waals surface area (Å²) in [5, 5.41) is 13.0. The molecule has 0 atom stereocenters. The van der Waals surface area contributed by atoms with Gasteiger partial charge >= 0.3 is 0 Å². The zero-order valence-corrected chi connectivity index (χ0v) is 12.1. The minimum Gasteiger partial charge on any atom is -0.392 e. The molecular weight excluding hydrogens is 284 g/mol. The van der Waals surface area contributed by atoms with Gasteiger partial charge in [0.2, 0.25) is 0 Å². The van der Waals surface area contributed by atoms with Gasteiger partial charge in [-0.2, -0.15) is 4.98 Å². The molecule has 106 valence electrons. The van der Waals surface area contributed by atoms with Crippen molar-refractivity contribution in [2.45, 2.75) is 17.3 Å². The summed E-state index contributed by atoms with van der Waals surface area (Å²) in [4.78, 5) is 5.50. The van der Waals surface area contributed by atoms with E-state index in [1.54, 1.807) is 11.8 Å². The van der Waals surface area contributed by atoms with E-state index in [2.05, 4.69) is 10.1 Å². The number of rotatable bonds is 5. The Morgan fingerprint density at radius 3 is 2.48 bits per heavy atom. The maximum Gasteiger partial charge on any atom is 0.257 e. The van der Waals surface area contributed by atoms with Gasteiger partial charge in [-0.3, -0.25) is 0 Å². The van der Waals surface area contributed by atoms with Gasteiger partial charge < -0.3 is 9.63 Å². The molecule has 5 heteroatoms. The van der Waals surface area contributed by atoms with Crippen LogP contribution in [0.25, 0.3) is 11.5 Å². The lowest BCUT2D eigenvalue weighted by Crippen LogP contribution is -1.85. The van der Waals surface area contributed by atoms with Crippen LogP contribution < -0.4 is 0 Å². The number of thioether (sulfide) groups is 1. The highest BCUT2D eigenvalue weighted by molar-refractivity contribution is 7.98. The molecule has 0 fully saturated rings. The fourth-order valence-electron chi connectivity index (χ4n) is 1.85. The minimum absolute atomic E-state index is 0.0657. The number of nitrogens with zero attached hydrogens (tertiary/aromatic N) is 2. The van der Waals surface area contributed by atoms with Crippen molar-refractivity contribution in [3.8, 4) is 11.5 Å². The van der Waals surface area contributed by atoms with Crippen LogP contribution in [0.5, 0.6) is 0 Å². The topological polar surface area (TPSA) is 59.2 Å². The molecule has 0 unspecified atom stereocenters. The van der Waals surface area contributed by atoms with Gasteiger partial charge in [0, 0.05) is 10.5 Å². The Morgan fingerprint density at radius 2 is 1.76 bits per heavy atom. The second-order valence-electron chi connectivity index (χ2n) is 4.47. The highest BCUT2D eigenvalue weighted by Crippen LogP contribution is 2.23. The lowest BCUT2D eigenvalue weighted by molar-refractivity contribution is 0.282. The van der Waals surface area contributed by atoms with Crippen molar-refractivity contribution in [2.75, 3.05) is 0 Å². The van der Waals surface area contributed by atoms with Crippen LogP contribution in [0.3, 0.4) is 0 Å². The molecule has 0 bridgehead atoms. The summed E-state index contributed by atoms with van der Waals surface area (Å²) in [7, 11) is 0.